The normalized spacial score (nSPS) is 16.2. The summed E-state index contributed by atoms with van der Waals surface area (Å²) in [5.41, 5.74) is 0. The number of methoxy groups -OCH3 is 1. The first-order valence-electron chi connectivity index (χ1n) is 3.75. The molecule has 66 valence electrons. The summed E-state index contributed by atoms with van der Waals surface area (Å²) in [7, 11) is 1.43. The van der Waals surface area contributed by atoms with Crippen molar-refractivity contribution in [3.63, 3.8) is 0 Å². The van der Waals surface area contributed by atoms with Crippen molar-refractivity contribution >= 4 is 5.91 Å². The molecule has 1 saturated heterocycles. The summed E-state index contributed by atoms with van der Waals surface area (Å²) in [4.78, 5) is 12.8. The lowest BCUT2D eigenvalue weighted by Crippen LogP contribution is -2.40. The van der Waals surface area contributed by atoms with Crippen LogP contribution >= 0.6 is 0 Å². The average Bonchev–Trinajstić information content (AvgIpc) is 2.15. The van der Waals surface area contributed by atoms with Crippen LogP contribution in [0.4, 0.5) is 0 Å². The quantitative estimate of drug-likeness (QED) is 0.457. The maximum atomic E-state index is 11.2. The first kappa shape index (κ1) is 8.88. The Morgan fingerprint density at radius 1 is 1.50 bits per heavy atom. The van der Waals surface area contributed by atoms with E-state index in [9.17, 15) is 4.79 Å². The highest BCUT2D eigenvalue weighted by Gasteiger charge is 2.14. The second kappa shape index (κ2) is 4.62. The summed E-state index contributed by atoms with van der Waals surface area (Å²) in [6.45, 7) is 2.44. The monoisotopic (exact) mass is 169 g/mol. The minimum Gasteiger partial charge on any atom is -0.450 e. The summed E-state index contributed by atoms with van der Waals surface area (Å²) in [5.74, 6) is 2.17. The van der Waals surface area contributed by atoms with Gasteiger partial charge in [-0.25, -0.2) is 0 Å². The van der Waals surface area contributed by atoms with Gasteiger partial charge < -0.3 is 14.4 Å². The van der Waals surface area contributed by atoms with Gasteiger partial charge in [0.05, 0.1) is 20.3 Å². The van der Waals surface area contributed by atoms with Crippen molar-refractivity contribution in [2.45, 2.75) is 0 Å². The molecule has 0 N–H and O–H groups in total. The van der Waals surface area contributed by atoms with E-state index < -0.39 is 0 Å². The number of hydrogen-bond donors (Lipinski definition) is 0. The third-order valence-corrected chi connectivity index (χ3v) is 1.56. The van der Waals surface area contributed by atoms with Gasteiger partial charge in [0.1, 0.15) is 6.11 Å². The van der Waals surface area contributed by atoms with Crippen molar-refractivity contribution < 1.29 is 14.3 Å². The van der Waals surface area contributed by atoms with Gasteiger partial charge in [0.2, 0.25) is 0 Å². The first-order valence-corrected chi connectivity index (χ1v) is 3.75. The molecule has 1 heterocycles. The molecule has 0 atom stereocenters. The molecule has 0 aromatic heterocycles. The van der Waals surface area contributed by atoms with E-state index in [-0.39, 0.29) is 5.91 Å². The molecule has 1 fully saturated rings. The van der Waals surface area contributed by atoms with Crippen molar-refractivity contribution in [1.82, 2.24) is 4.90 Å². The van der Waals surface area contributed by atoms with Crippen LogP contribution in [-0.4, -0.2) is 44.2 Å². The predicted molar refractivity (Wildman–Crippen MR) is 42.2 cm³/mol. The number of nitrogens with zero attached hydrogens (tertiary/aromatic N) is 1. The molecule has 0 unspecified atom stereocenters. The van der Waals surface area contributed by atoms with Gasteiger partial charge >= 0.3 is 5.91 Å². The van der Waals surface area contributed by atoms with Gasteiger partial charge in [0.25, 0.3) is 0 Å². The zero-order chi connectivity index (χ0) is 8.81. The number of hydrogen-bond acceptors (Lipinski definition) is 3. The van der Waals surface area contributed by atoms with E-state index in [0.29, 0.717) is 26.3 Å². The van der Waals surface area contributed by atoms with E-state index in [1.165, 1.54) is 7.11 Å². The molecule has 12 heavy (non-hydrogen) atoms. The second-order valence-electron chi connectivity index (χ2n) is 2.34. The zero-order valence-electron chi connectivity index (χ0n) is 7.00. The Balaban J connectivity index is 2.40. The number of carbonyl (C=O) groups excluding carboxylic acids is 1. The van der Waals surface area contributed by atoms with Crippen LogP contribution < -0.4 is 0 Å². The number of amides is 1. The molecule has 0 spiro atoms. The van der Waals surface area contributed by atoms with Crippen LogP contribution in [0, 0.1) is 12.0 Å². The number of rotatable bonds is 0. The number of morpholine rings is 1. The molecular formula is C8H11NO3. The third kappa shape index (κ3) is 2.44. The Morgan fingerprint density at radius 2 is 2.17 bits per heavy atom. The van der Waals surface area contributed by atoms with Crippen molar-refractivity contribution in [3.05, 3.63) is 0 Å². The maximum Gasteiger partial charge on any atom is 0.301 e. The highest BCUT2D eigenvalue weighted by Crippen LogP contribution is 1.95. The minimum absolute atomic E-state index is 0.194. The van der Waals surface area contributed by atoms with E-state index in [1.54, 1.807) is 4.90 Å². The highest BCUT2D eigenvalue weighted by molar-refractivity contribution is 5.93. The van der Waals surface area contributed by atoms with E-state index >= 15 is 0 Å². The molecular weight excluding hydrogens is 158 g/mol. The van der Waals surface area contributed by atoms with E-state index in [4.69, 9.17) is 4.74 Å². The van der Waals surface area contributed by atoms with Crippen LogP contribution in [0.1, 0.15) is 0 Å². The van der Waals surface area contributed by atoms with Gasteiger partial charge in [-0.1, -0.05) is 0 Å². The van der Waals surface area contributed by atoms with Crippen molar-refractivity contribution in [1.29, 1.82) is 0 Å². The molecule has 4 nitrogen and oxygen atoms in total. The molecule has 0 aliphatic carbocycles. The largest absolute Gasteiger partial charge is 0.450 e. The molecule has 0 aromatic carbocycles. The lowest BCUT2D eigenvalue weighted by atomic mass is 10.4. The summed E-state index contributed by atoms with van der Waals surface area (Å²) in [5, 5.41) is 0. The SMILES string of the molecule is COC#CC(=O)N1CCOCC1. The molecule has 1 aliphatic heterocycles. The molecule has 1 rings (SSSR count). The van der Waals surface area contributed by atoms with E-state index in [0.717, 1.165) is 0 Å². The molecule has 4 heteroatoms. The fourth-order valence-electron chi connectivity index (χ4n) is 0.940. The van der Waals surface area contributed by atoms with Gasteiger partial charge in [-0.2, -0.15) is 0 Å². The predicted octanol–water partition coefficient (Wildman–Crippen LogP) is -0.548. The molecule has 1 amide bonds. The smallest absolute Gasteiger partial charge is 0.301 e. The Morgan fingerprint density at radius 3 is 2.75 bits per heavy atom. The van der Waals surface area contributed by atoms with Crippen LogP contribution in [0.5, 0.6) is 0 Å². The van der Waals surface area contributed by atoms with Crippen LogP contribution in [0.25, 0.3) is 0 Å². The minimum atomic E-state index is -0.194. The first-order chi connectivity index (χ1) is 5.84. The standard InChI is InChI=1S/C8H11NO3/c1-11-5-2-8(10)9-3-6-12-7-4-9/h3-4,6-7H2,1H3. The second-order valence-corrected chi connectivity index (χ2v) is 2.34. The van der Waals surface area contributed by atoms with Crippen molar-refractivity contribution in [2.75, 3.05) is 33.4 Å². The topological polar surface area (TPSA) is 38.8 Å². The highest BCUT2D eigenvalue weighted by atomic mass is 16.5. The summed E-state index contributed by atoms with van der Waals surface area (Å²) >= 11 is 0. The molecule has 0 aromatic rings. The zero-order valence-corrected chi connectivity index (χ0v) is 7.00. The Hall–Kier alpha value is -1.21. The Bertz CT molecular complexity index is 210. The third-order valence-electron chi connectivity index (χ3n) is 1.56. The van der Waals surface area contributed by atoms with E-state index in [2.05, 4.69) is 16.8 Å². The Labute approximate surface area is 71.4 Å². The summed E-state index contributed by atoms with van der Waals surface area (Å²) in [6, 6.07) is 0. The molecule has 0 bridgehead atoms. The van der Waals surface area contributed by atoms with Crippen LogP contribution in [-0.2, 0) is 14.3 Å². The van der Waals surface area contributed by atoms with Gasteiger partial charge in [0.15, 0.2) is 0 Å². The molecule has 1 aliphatic rings. The van der Waals surface area contributed by atoms with E-state index in [1.807, 2.05) is 0 Å². The van der Waals surface area contributed by atoms with Crippen molar-refractivity contribution in [2.24, 2.45) is 0 Å². The fraction of sp³-hybridized carbons (Fsp3) is 0.625. The number of ether oxygens (including phenoxy) is 2. The molecule has 0 radical (unpaired) electrons. The van der Waals surface area contributed by atoms with Gasteiger partial charge in [0, 0.05) is 19.0 Å². The lowest BCUT2D eigenvalue weighted by molar-refractivity contribution is -0.129. The number of carbonyl (C=O) groups is 1. The Kier molecular flexibility index (Phi) is 3.42. The van der Waals surface area contributed by atoms with Gasteiger partial charge in [-0.05, 0) is 0 Å². The molecule has 0 saturated carbocycles. The van der Waals surface area contributed by atoms with Crippen LogP contribution in [0.2, 0.25) is 0 Å². The van der Waals surface area contributed by atoms with Gasteiger partial charge in [-0.3, -0.25) is 4.79 Å². The maximum absolute atomic E-state index is 11.2. The lowest BCUT2D eigenvalue weighted by Gasteiger charge is -2.24. The fourth-order valence-corrected chi connectivity index (χ4v) is 0.940. The van der Waals surface area contributed by atoms with Crippen LogP contribution in [0.15, 0.2) is 0 Å². The van der Waals surface area contributed by atoms with Crippen LogP contribution in [0.3, 0.4) is 0 Å². The van der Waals surface area contributed by atoms with Gasteiger partial charge in [-0.15, -0.1) is 0 Å². The average molecular weight is 169 g/mol. The van der Waals surface area contributed by atoms with Crippen molar-refractivity contribution in [3.8, 4) is 12.0 Å². The summed E-state index contributed by atoms with van der Waals surface area (Å²) in [6.07, 6.45) is 2.26. The summed E-state index contributed by atoms with van der Waals surface area (Å²) < 4.78 is 9.54.